The highest BCUT2D eigenvalue weighted by Gasteiger charge is 2.44. The summed E-state index contributed by atoms with van der Waals surface area (Å²) in [5, 5.41) is 10.6. The second-order valence-corrected chi connectivity index (χ2v) is 12.9. The van der Waals surface area contributed by atoms with Crippen molar-refractivity contribution in [1.82, 2.24) is 14.1 Å². The maximum absolute atomic E-state index is 13.7. The molecular formula is C27H40N6O6S. The highest BCUT2D eigenvalue weighted by Crippen LogP contribution is 2.33. The Morgan fingerprint density at radius 3 is 2.17 bits per heavy atom. The first-order valence-corrected chi connectivity index (χ1v) is 15.7. The smallest absolute Gasteiger partial charge is 0.338 e. The summed E-state index contributed by atoms with van der Waals surface area (Å²) >= 11 is 0. The molecule has 3 fully saturated rings. The van der Waals surface area contributed by atoms with E-state index in [9.17, 15) is 22.8 Å². The van der Waals surface area contributed by atoms with E-state index in [1.807, 2.05) is 0 Å². The van der Waals surface area contributed by atoms with Gasteiger partial charge in [0.25, 0.3) is 0 Å². The van der Waals surface area contributed by atoms with Gasteiger partial charge in [-0.1, -0.05) is 0 Å². The Balaban J connectivity index is 1.47. The van der Waals surface area contributed by atoms with Crippen LogP contribution in [0.25, 0.3) is 0 Å². The molecule has 40 heavy (non-hydrogen) atoms. The molecule has 4 N–H and O–H groups in total. The summed E-state index contributed by atoms with van der Waals surface area (Å²) in [4.78, 5) is 43.1. The number of carbonyl (C=O) groups excluding carboxylic acids is 3. The Bertz CT molecular complexity index is 1210. The van der Waals surface area contributed by atoms with Gasteiger partial charge in [0.2, 0.25) is 21.8 Å². The summed E-state index contributed by atoms with van der Waals surface area (Å²) in [6.07, 6.45) is 4.27. The average molecular weight is 577 g/mol. The van der Waals surface area contributed by atoms with Crippen molar-refractivity contribution in [2.24, 2.45) is 17.6 Å². The van der Waals surface area contributed by atoms with Crippen LogP contribution in [0, 0.1) is 17.2 Å². The van der Waals surface area contributed by atoms with Gasteiger partial charge in [0.1, 0.15) is 6.04 Å². The molecule has 1 saturated carbocycles. The number of anilines is 1. The highest BCUT2D eigenvalue weighted by molar-refractivity contribution is 7.88. The molecular weight excluding hydrogens is 536 g/mol. The first-order chi connectivity index (χ1) is 19.0. The second kappa shape index (κ2) is 12.6. The molecule has 0 radical (unpaired) electrons. The van der Waals surface area contributed by atoms with Crippen molar-refractivity contribution in [3.8, 4) is 0 Å². The van der Waals surface area contributed by atoms with E-state index in [0.29, 0.717) is 76.1 Å². The number of nitrogens with zero attached hydrogens (tertiary/aromatic N) is 3. The number of ether oxygens (including phenoxy) is 1. The van der Waals surface area contributed by atoms with Gasteiger partial charge in [-0.05, 0) is 63.3 Å². The van der Waals surface area contributed by atoms with Gasteiger partial charge in [0, 0.05) is 56.3 Å². The van der Waals surface area contributed by atoms with Crippen LogP contribution in [-0.4, -0.2) is 104 Å². The molecule has 2 amide bonds. The maximum atomic E-state index is 13.7. The van der Waals surface area contributed by atoms with Crippen molar-refractivity contribution >= 4 is 39.3 Å². The fourth-order valence-corrected chi connectivity index (χ4v) is 6.81. The van der Waals surface area contributed by atoms with Gasteiger partial charge in [-0.15, -0.1) is 0 Å². The molecule has 12 nitrogen and oxygen atoms in total. The van der Waals surface area contributed by atoms with Crippen molar-refractivity contribution in [3.63, 3.8) is 0 Å². The third kappa shape index (κ3) is 6.99. The number of amidine groups is 1. The molecule has 0 aromatic heterocycles. The molecule has 2 aliphatic heterocycles. The minimum Gasteiger partial charge on any atom is -0.462 e. The van der Waals surface area contributed by atoms with Crippen LogP contribution in [0.4, 0.5) is 5.69 Å². The third-order valence-electron chi connectivity index (χ3n) is 8.30. The van der Waals surface area contributed by atoms with Gasteiger partial charge in [-0.2, -0.15) is 4.31 Å². The summed E-state index contributed by atoms with van der Waals surface area (Å²) in [6.45, 7) is 4.22. The van der Waals surface area contributed by atoms with E-state index in [2.05, 4.69) is 10.2 Å². The van der Waals surface area contributed by atoms with Crippen molar-refractivity contribution in [1.29, 1.82) is 5.41 Å². The van der Waals surface area contributed by atoms with E-state index in [4.69, 9.17) is 15.9 Å². The molecule has 3 aliphatic rings. The lowest BCUT2D eigenvalue weighted by molar-refractivity contribution is -0.141. The third-order valence-corrected chi connectivity index (χ3v) is 9.61. The minimum absolute atomic E-state index is 0.00167. The predicted molar refractivity (Wildman–Crippen MR) is 150 cm³/mol. The molecule has 1 aromatic rings. The van der Waals surface area contributed by atoms with Crippen LogP contribution in [0.15, 0.2) is 24.3 Å². The van der Waals surface area contributed by atoms with Crippen LogP contribution >= 0.6 is 0 Å². The number of nitrogens with two attached hydrogens (primary N) is 1. The van der Waals surface area contributed by atoms with Crippen molar-refractivity contribution in [2.75, 3.05) is 50.9 Å². The quantitative estimate of drug-likeness (QED) is 0.235. The highest BCUT2D eigenvalue weighted by atomic mass is 32.2. The minimum atomic E-state index is -3.27. The number of hydrogen-bond acceptors (Lipinski definition) is 8. The molecule has 0 spiro atoms. The van der Waals surface area contributed by atoms with Gasteiger partial charge in [-0.25, -0.2) is 13.2 Å². The first kappa shape index (κ1) is 29.9. The molecule has 220 valence electrons. The number of sulfonamides is 1. The van der Waals surface area contributed by atoms with Crippen LogP contribution in [0.2, 0.25) is 0 Å². The molecule has 0 unspecified atom stereocenters. The van der Waals surface area contributed by atoms with Crippen molar-refractivity contribution < 1.29 is 27.5 Å². The standard InChI is InChI=1S/C27H40N6O6S/c1-3-39-27(36)20-8-10-21(11-9-20)30-25(34)23-16-22(31-12-14-32(15-13-31)40(2,37)38)17-33(23)26(35)19-6-4-18(5-7-19)24(28)29/h8-11,18-19,22-23H,3-7,12-17H2,1-2H3,(H3,28,29)(H,30,34)/t18?,19?,22-,23-/m0/s1. The van der Waals surface area contributed by atoms with Crippen LogP contribution < -0.4 is 11.1 Å². The first-order valence-electron chi connectivity index (χ1n) is 13.9. The summed E-state index contributed by atoms with van der Waals surface area (Å²) in [6, 6.07) is 5.69. The molecule has 1 aromatic carbocycles. The number of carbonyl (C=O) groups is 3. The zero-order chi connectivity index (χ0) is 29.0. The van der Waals surface area contributed by atoms with Gasteiger partial charge in [-0.3, -0.25) is 19.9 Å². The molecule has 1 aliphatic carbocycles. The van der Waals surface area contributed by atoms with E-state index < -0.39 is 22.0 Å². The monoisotopic (exact) mass is 576 g/mol. The van der Waals surface area contributed by atoms with E-state index >= 15 is 0 Å². The van der Waals surface area contributed by atoms with Crippen LogP contribution in [0.3, 0.4) is 0 Å². The summed E-state index contributed by atoms with van der Waals surface area (Å²) in [5.74, 6) is -0.865. The van der Waals surface area contributed by atoms with Crippen molar-refractivity contribution in [3.05, 3.63) is 29.8 Å². The fraction of sp³-hybridized carbons (Fsp3) is 0.630. The normalized spacial score (nSPS) is 26.3. The van der Waals surface area contributed by atoms with Crippen molar-refractivity contribution in [2.45, 2.75) is 51.1 Å². The predicted octanol–water partition coefficient (Wildman–Crippen LogP) is 1.09. The van der Waals surface area contributed by atoms with Gasteiger partial charge in [0.15, 0.2) is 0 Å². The summed E-state index contributed by atoms with van der Waals surface area (Å²) in [5.41, 5.74) is 6.58. The van der Waals surface area contributed by atoms with E-state index in [0.717, 1.165) is 0 Å². The van der Waals surface area contributed by atoms with Crippen LogP contribution in [0.5, 0.6) is 0 Å². The number of nitrogens with one attached hydrogen (secondary N) is 2. The lowest BCUT2D eigenvalue weighted by Gasteiger charge is -2.37. The number of hydrogen-bond donors (Lipinski definition) is 3. The summed E-state index contributed by atoms with van der Waals surface area (Å²) in [7, 11) is -3.27. The lowest BCUT2D eigenvalue weighted by Crippen LogP contribution is -2.52. The number of likely N-dealkylation sites (tertiary alicyclic amines) is 1. The largest absolute Gasteiger partial charge is 0.462 e. The number of esters is 1. The van der Waals surface area contributed by atoms with E-state index in [1.54, 1.807) is 36.1 Å². The van der Waals surface area contributed by atoms with Gasteiger partial charge < -0.3 is 20.7 Å². The van der Waals surface area contributed by atoms with E-state index in [1.165, 1.54) is 10.6 Å². The molecule has 2 atom stereocenters. The lowest BCUT2D eigenvalue weighted by atomic mass is 9.80. The maximum Gasteiger partial charge on any atom is 0.338 e. The summed E-state index contributed by atoms with van der Waals surface area (Å²) < 4.78 is 30.4. The molecule has 0 bridgehead atoms. The zero-order valence-corrected chi connectivity index (χ0v) is 24.0. The average Bonchev–Trinajstić information content (AvgIpc) is 3.38. The fourth-order valence-electron chi connectivity index (χ4n) is 5.99. The number of benzene rings is 1. The number of amides is 2. The van der Waals surface area contributed by atoms with Gasteiger partial charge in [0.05, 0.1) is 24.3 Å². The Hall–Kier alpha value is -3.03. The number of rotatable bonds is 8. The Morgan fingerprint density at radius 2 is 1.62 bits per heavy atom. The van der Waals surface area contributed by atoms with Crippen LogP contribution in [0.1, 0.15) is 49.4 Å². The molecule has 2 heterocycles. The topological polar surface area (TPSA) is 166 Å². The Labute approximate surface area is 235 Å². The SMILES string of the molecule is CCOC(=O)c1ccc(NC(=O)[C@@H]2C[C@H](N3CCN(S(C)(=O)=O)CC3)CN2C(=O)C2CCC(C(=N)N)CC2)cc1. The molecule has 2 saturated heterocycles. The van der Waals surface area contributed by atoms with Gasteiger partial charge >= 0.3 is 5.97 Å². The molecule has 4 rings (SSSR count). The Kier molecular flexibility index (Phi) is 9.47. The van der Waals surface area contributed by atoms with Crippen LogP contribution in [-0.2, 0) is 24.3 Å². The zero-order valence-electron chi connectivity index (χ0n) is 23.2. The Morgan fingerprint density at radius 1 is 1.02 bits per heavy atom. The van der Waals surface area contributed by atoms with E-state index in [-0.39, 0.29) is 42.1 Å². The second-order valence-electron chi connectivity index (χ2n) is 10.9. The number of piperazine rings is 1. The molecule has 13 heteroatoms.